The molecule has 3 nitrogen and oxygen atoms in total. The number of alkyl halides is 3. The Morgan fingerprint density at radius 2 is 1.95 bits per heavy atom. The van der Waals surface area contributed by atoms with E-state index >= 15 is 0 Å². The monoisotopic (exact) mass is 334 g/mol. The van der Waals surface area contributed by atoms with E-state index in [2.05, 4.69) is 17.6 Å². The predicted octanol–water partition coefficient (Wildman–Crippen LogP) is 5.06. The van der Waals surface area contributed by atoms with Gasteiger partial charge in [-0.05, 0) is 37.0 Å². The second kappa shape index (κ2) is 6.77. The number of halogens is 4. The number of amides is 2. The highest BCUT2D eigenvalue weighted by molar-refractivity contribution is 6.33. The summed E-state index contributed by atoms with van der Waals surface area (Å²) in [7, 11) is 0. The van der Waals surface area contributed by atoms with Gasteiger partial charge < -0.3 is 10.6 Å². The lowest BCUT2D eigenvalue weighted by molar-refractivity contribution is -0.137. The summed E-state index contributed by atoms with van der Waals surface area (Å²) in [6.45, 7) is 2.06. The van der Waals surface area contributed by atoms with Crippen molar-refractivity contribution in [1.82, 2.24) is 5.32 Å². The molecule has 1 aliphatic rings. The third kappa shape index (κ3) is 4.29. The molecule has 0 saturated heterocycles. The topological polar surface area (TPSA) is 41.1 Å². The van der Waals surface area contributed by atoms with Crippen LogP contribution in [0.5, 0.6) is 0 Å². The third-order valence-corrected chi connectivity index (χ3v) is 4.30. The van der Waals surface area contributed by atoms with Gasteiger partial charge in [0.15, 0.2) is 0 Å². The molecule has 122 valence electrons. The van der Waals surface area contributed by atoms with Gasteiger partial charge in [-0.2, -0.15) is 13.2 Å². The number of benzene rings is 1. The van der Waals surface area contributed by atoms with Crippen LogP contribution >= 0.6 is 11.6 Å². The van der Waals surface area contributed by atoms with Crippen LogP contribution in [0.25, 0.3) is 0 Å². The number of hydrogen-bond acceptors (Lipinski definition) is 1. The summed E-state index contributed by atoms with van der Waals surface area (Å²) in [6, 6.07) is 2.36. The number of carbonyl (C=O) groups is 1. The van der Waals surface area contributed by atoms with Gasteiger partial charge in [0, 0.05) is 6.04 Å². The lowest BCUT2D eigenvalue weighted by Crippen LogP contribution is -2.43. The molecular weight excluding hydrogens is 317 g/mol. The Morgan fingerprint density at radius 1 is 1.27 bits per heavy atom. The molecule has 0 radical (unpaired) electrons. The van der Waals surface area contributed by atoms with Gasteiger partial charge in [0.05, 0.1) is 16.3 Å². The third-order valence-electron chi connectivity index (χ3n) is 3.97. The van der Waals surface area contributed by atoms with Crippen molar-refractivity contribution in [3.05, 3.63) is 28.8 Å². The van der Waals surface area contributed by atoms with Crippen LogP contribution in [0.1, 0.15) is 38.2 Å². The summed E-state index contributed by atoms with van der Waals surface area (Å²) >= 11 is 5.85. The molecule has 1 aromatic carbocycles. The molecule has 0 aliphatic heterocycles. The summed E-state index contributed by atoms with van der Waals surface area (Å²) in [5.41, 5.74) is -0.893. The fraction of sp³-hybridized carbons (Fsp3) is 0.533. The molecule has 2 unspecified atom stereocenters. The van der Waals surface area contributed by atoms with Gasteiger partial charge in [0.25, 0.3) is 0 Å². The first-order valence-electron chi connectivity index (χ1n) is 7.21. The molecule has 2 rings (SSSR count). The zero-order valence-corrected chi connectivity index (χ0v) is 12.9. The van der Waals surface area contributed by atoms with Crippen molar-refractivity contribution >= 4 is 23.3 Å². The largest absolute Gasteiger partial charge is 0.416 e. The van der Waals surface area contributed by atoms with Gasteiger partial charge >= 0.3 is 12.2 Å². The van der Waals surface area contributed by atoms with Crippen molar-refractivity contribution in [2.45, 2.75) is 44.8 Å². The summed E-state index contributed by atoms with van der Waals surface area (Å²) < 4.78 is 38.1. The van der Waals surface area contributed by atoms with Crippen molar-refractivity contribution in [2.24, 2.45) is 5.92 Å². The van der Waals surface area contributed by atoms with Crippen LogP contribution in [-0.4, -0.2) is 12.1 Å². The van der Waals surface area contributed by atoms with Crippen LogP contribution in [0.15, 0.2) is 18.2 Å². The van der Waals surface area contributed by atoms with E-state index in [4.69, 9.17) is 11.6 Å². The van der Waals surface area contributed by atoms with E-state index < -0.39 is 17.8 Å². The van der Waals surface area contributed by atoms with E-state index in [1.165, 1.54) is 0 Å². The molecule has 1 aromatic rings. The Labute approximate surface area is 132 Å². The molecule has 0 bridgehead atoms. The first kappa shape index (κ1) is 16.9. The van der Waals surface area contributed by atoms with Gasteiger partial charge in [-0.15, -0.1) is 0 Å². The SMILES string of the molecule is CC1CCCCC1NC(=O)Nc1cc(C(F)(F)F)ccc1Cl. The lowest BCUT2D eigenvalue weighted by Gasteiger charge is -2.29. The van der Waals surface area contributed by atoms with Crippen LogP contribution in [-0.2, 0) is 6.18 Å². The van der Waals surface area contributed by atoms with Crippen LogP contribution in [0.2, 0.25) is 5.02 Å². The molecule has 2 N–H and O–H groups in total. The van der Waals surface area contributed by atoms with E-state index in [0.717, 1.165) is 43.9 Å². The molecule has 7 heteroatoms. The van der Waals surface area contributed by atoms with Gasteiger partial charge in [-0.25, -0.2) is 4.79 Å². The smallest absolute Gasteiger partial charge is 0.335 e. The molecule has 0 aromatic heterocycles. The Hall–Kier alpha value is -1.43. The molecule has 2 atom stereocenters. The van der Waals surface area contributed by atoms with E-state index in [9.17, 15) is 18.0 Å². The maximum Gasteiger partial charge on any atom is 0.416 e. The summed E-state index contributed by atoms with van der Waals surface area (Å²) in [6.07, 6.45) is -0.379. The Bertz CT molecular complexity index is 548. The Morgan fingerprint density at radius 3 is 2.59 bits per heavy atom. The fourth-order valence-electron chi connectivity index (χ4n) is 2.65. The number of anilines is 1. The predicted molar refractivity (Wildman–Crippen MR) is 80.0 cm³/mol. The highest BCUT2D eigenvalue weighted by Gasteiger charge is 2.31. The van der Waals surface area contributed by atoms with Crippen molar-refractivity contribution in [1.29, 1.82) is 0 Å². The van der Waals surface area contributed by atoms with Crippen LogP contribution in [0.4, 0.5) is 23.7 Å². The summed E-state index contributed by atoms with van der Waals surface area (Å²) in [4.78, 5) is 12.0. The van der Waals surface area contributed by atoms with Gasteiger partial charge in [0.2, 0.25) is 0 Å². The van der Waals surface area contributed by atoms with Gasteiger partial charge in [-0.1, -0.05) is 31.4 Å². The van der Waals surface area contributed by atoms with Crippen molar-refractivity contribution in [3.8, 4) is 0 Å². The number of urea groups is 1. The molecule has 2 amide bonds. The average molecular weight is 335 g/mol. The zero-order chi connectivity index (χ0) is 16.3. The first-order chi connectivity index (χ1) is 10.3. The van der Waals surface area contributed by atoms with Gasteiger partial charge in [0.1, 0.15) is 0 Å². The quantitative estimate of drug-likeness (QED) is 0.780. The maximum atomic E-state index is 12.7. The van der Waals surface area contributed by atoms with Crippen LogP contribution < -0.4 is 10.6 Å². The molecule has 1 aliphatic carbocycles. The minimum atomic E-state index is -4.48. The second-order valence-corrected chi connectivity index (χ2v) is 6.07. The Kier molecular flexibility index (Phi) is 5.21. The maximum absolute atomic E-state index is 12.7. The average Bonchev–Trinajstić information content (AvgIpc) is 2.42. The molecular formula is C15H18ClF3N2O. The van der Waals surface area contributed by atoms with E-state index in [1.807, 2.05) is 0 Å². The Balaban J connectivity index is 2.04. The molecule has 1 saturated carbocycles. The normalized spacial score (nSPS) is 22.2. The fourth-order valence-corrected chi connectivity index (χ4v) is 2.82. The number of carbonyl (C=O) groups excluding carboxylic acids is 1. The van der Waals surface area contributed by atoms with Crippen LogP contribution in [0, 0.1) is 5.92 Å². The molecule has 0 spiro atoms. The van der Waals surface area contributed by atoms with Crippen molar-refractivity contribution in [2.75, 3.05) is 5.32 Å². The highest BCUT2D eigenvalue weighted by Crippen LogP contribution is 2.33. The molecule has 1 fully saturated rings. The lowest BCUT2D eigenvalue weighted by atomic mass is 9.86. The number of rotatable bonds is 2. The zero-order valence-electron chi connectivity index (χ0n) is 12.1. The number of nitrogens with one attached hydrogen (secondary N) is 2. The second-order valence-electron chi connectivity index (χ2n) is 5.66. The highest BCUT2D eigenvalue weighted by atomic mass is 35.5. The van der Waals surface area contributed by atoms with Crippen LogP contribution in [0.3, 0.4) is 0 Å². The van der Waals surface area contributed by atoms with E-state index in [0.29, 0.717) is 5.92 Å². The van der Waals surface area contributed by atoms with E-state index in [-0.39, 0.29) is 16.8 Å². The standard InChI is InChI=1S/C15H18ClF3N2O/c1-9-4-2-3-5-12(9)20-14(22)21-13-8-10(15(17,18)19)6-7-11(13)16/h6-9,12H,2-5H2,1H3,(H2,20,21,22). The minimum Gasteiger partial charge on any atom is -0.335 e. The van der Waals surface area contributed by atoms with Crippen molar-refractivity contribution in [3.63, 3.8) is 0 Å². The van der Waals surface area contributed by atoms with Gasteiger partial charge in [-0.3, -0.25) is 0 Å². The van der Waals surface area contributed by atoms with E-state index in [1.54, 1.807) is 0 Å². The van der Waals surface area contributed by atoms with Crippen molar-refractivity contribution < 1.29 is 18.0 Å². The summed E-state index contributed by atoms with van der Waals surface area (Å²) in [5, 5.41) is 5.29. The summed E-state index contributed by atoms with van der Waals surface area (Å²) in [5.74, 6) is 0.358. The molecule has 22 heavy (non-hydrogen) atoms. The molecule has 0 heterocycles. The number of hydrogen-bond donors (Lipinski definition) is 2. The first-order valence-corrected chi connectivity index (χ1v) is 7.59. The minimum absolute atomic E-state index is 0.0401.